The zero-order valence-electron chi connectivity index (χ0n) is 36.4. The number of anilines is 3. The lowest BCUT2D eigenvalue weighted by Gasteiger charge is -2.26. The molecule has 314 valence electrons. The van der Waals surface area contributed by atoms with Gasteiger partial charge in [0.25, 0.3) is 0 Å². The Hall–Kier alpha value is -8.08. The number of hydrogen-bond donors (Lipinski definition) is 0. The normalized spacial score (nSPS) is 11.6. The molecule has 13 aromatic rings. The first-order valence-corrected chi connectivity index (χ1v) is 24.4. The van der Waals surface area contributed by atoms with E-state index < -0.39 is 0 Å². The Morgan fingerprint density at radius 1 is 0.239 bits per heavy atom. The molecule has 0 unspecified atom stereocenters. The van der Waals surface area contributed by atoms with Crippen molar-refractivity contribution in [3.05, 3.63) is 249 Å². The maximum atomic E-state index is 2.39. The van der Waals surface area contributed by atoms with Crippen molar-refractivity contribution in [1.29, 1.82) is 0 Å². The average molecular weight is 888 g/mol. The average Bonchev–Trinajstić information content (AvgIpc) is 3.98. The van der Waals surface area contributed by atoms with Crippen LogP contribution in [-0.4, -0.2) is 0 Å². The van der Waals surface area contributed by atoms with Crippen molar-refractivity contribution < 1.29 is 0 Å². The predicted octanol–water partition coefficient (Wildman–Crippen LogP) is 19.4. The van der Waals surface area contributed by atoms with Crippen LogP contribution in [-0.2, 0) is 0 Å². The van der Waals surface area contributed by atoms with Crippen molar-refractivity contribution in [2.24, 2.45) is 0 Å². The molecule has 3 heteroatoms. The van der Waals surface area contributed by atoms with Gasteiger partial charge in [0.05, 0.1) is 0 Å². The molecule has 13 rings (SSSR count). The molecule has 0 spiro atoms. The number of benzene rings is 11. The van der Waals surface area contributed by atoms with Crippen molar-refractivity contribution in [3.8, 4) is 55.6 Å². The molecule has 1 nitrogen and oxygen atoms in total. The van der Waals surface area contributed by atoms with Crippen molar-refractivity contribution in [1.82, 2.24) is 0 Å². The monoisotopic (exact) mass is 887 g/mol. The first-order valence-electron chi connectivity index (χ1n) is 22.8. The van der Waals surface area contributed by atoms with Gasteiger partial charge in [-0.15, -0.1) is 22.7 Å². The van der Waals surface area contributed by atoms with Gasteiger partial charge in [0.1, 0.15) is 0 Å². The number of fused-ring (bicyclic) bond motifs is 7. The molecule has 0 fully saturated rings. The molecule has 67 heavy (non-hydrogen) atoms. The molecule has 0 aliphatic rings. The topological polar surface area (TPSA) is 3.24 Å². The zero-order valence-corrected chi connectivity index (χ0v) is 38.1. The minimum atomic E-state index is 1.09. The van der Waals surface area contributed by atoms with Gasteiger partial charge < -0.3 is 4.90 Å². The number of nitrogens with zero attached hydrogens (tertiary/aromatic N) is 1. The highest BCUT2D eigenvalue weighted by atomic mass is 32.1. The molecule has 0 atom stereocenters. The number of thiophene rings is 2. The Bertz CT molecular complexity index is 3990. The van der Waals surface area contributed by atoms with E-state index in [-0.39, 0.29) is 0 Å². The highest BCUT2D eigenvalue weighted by Gasteiger charge is 2.17. The summed E-state index contributed by atoms with van der Waals surface area (Å²) in [5, 5.41) is 7.76. The largest absolute Gasteiger partial charge is 0.310 e. The van der Waals surface area contributed by atoms with Gasteiger partial charge in [-0.25, -0.2) is 0 Å². The highest BCUT2D eigenvalue weighted by Crippen LogP contribution is 2.43. The Labute approximate surface area is 397 Å². The third kappa shape index (κ3) is 7.08. The molecule has 0 saturated heterocycles. The van der Waals surface area contributed by atoms with Crippen molar-refractivity contribution >= 4 is 90.9 Å². The summed E-state index contributed by atoms with van der Waals surface area (Å²) in [6, 6.07) is 91.4. The fourth-order valence-electron chi connectivity index (χ4n) is 9.95. The second-order valence-electron chi connectivity index (χ2n) is 17.3. The number of hydrogen-bond acceptors (Lipinski definition) is 3. The Kier molecular flexibility index (Phi) is 9.63. The highest BCUT2D eigenvalue weighted by molar-refractivity contribution is 7.26. The van der Waals surface area contributed by atoms with Gasteiger partial charge in [-0.3, -0.25) is 0 Å². The van der Waals surface area contributed by atoms with E-state index in [4.69, 9.17) is 0 Å². The SMILES string of the molecule is c1cc(-c2cccc(N(c3ccc(-c4ccc5sc6ccccc6c5c4)cc3)c3ccc(-c4ccccc4-c4ccc5ccccc5c4)cc3)c2)cc(-c2cccc3c2sc2ccccc23)c1. The van der Waals surface area contributed by atoms with E-state index >= 15 is 0 Å². The van der Waals surface area contributed by atoms with Crippen LogP contribution in [0, 0.1) is 0 Å². The van der Waals surface area contributed by atoms with Gasteiger partial charge >= 0.3 is 0 Å². The quantitative estimate of drug-likeness (QED) is 0.147. The van der Waals surface area contributed by atoms with Crippen LogP contribution in [0.4, 0.5) is 17.1 Å². The third-order valence-corrected chi connectivity index (χ3v) is 15.6. The predicted molar refractivity (Wildman–Crippen MR) is 292 cm³/mol. The molecular formula is C64H41NS2. The summed E-state index contributed by atoms with van der Waals surface area (Å²) in [6.07, 6.45) is 0. The van der Waals surface area contributed by atoms with Crippen LogP contribution >= 0.6 is 22.7 Å². The van der Waals surface area contributed by atoms with Crippen molar-refractivity contribution in [2.75, 3.05) is 4.90 Å². The smallest absolute Gasteiger partial charge is 0.0467 e. The first kappa shape index (κ1) is 39.3. The van der Waals surface area contributed by atoms with Gasteiger partial charge in [-0.2, -0.15) is 0 Å². The Morgan fingerprint density at radius 3 is 1.54 bits per heavy atom. The molecule has 0 N–H and O–H groups in total. The lowest BCUT2D eigenvalue weighted by atomic mass is 9.93. The van der Waals surface area contributed by atoms with E-state index in [2.05, 4.69) is 254 Å². The van der Waals surface area contributed by atoms with E-state index in [9.17, 15) is 0 Å². The lowest BCUT2D eigenvalue weighted by Crippen LogP contribution is -2.10. The summed E-state index contributed by atoms with van der Waals surface area (Å²) in [5.41, 5.74) is 15.4. The van der Waals surface area contributed by atoms with Gasteiger partial charge in [-0.1, -0.05) is 176 Å². The third-order valence-electron chi connectivity index (χ3n) is 13.3. The summed E-state index contributed by atoms with van der Waals surface area (Å²) in [7, 11) is 0. The van der Waals surface area contributed by atoms with E-state index in [1.54, 1.807) is 0 Å². The standard InChI is InChI=1S/C64H41NS2/c1-2-13-45-38-50(27-26-42(45)12-1)55-19-4-3-18-54(55)44-30-35-52(36-31-44)65(51-33-28-43(29-34-51)48-32-37-63-60(41-48)58-21-6-7-24-61(58)66-63)53-17-10-15-47(40-53)46-14-9-16-49(39-46)56-22-11-23-59-57-20-5-8-25-62(57)67-64(56)59/h1-41H. The maximum Gasteiger partial charge on any atom is 0.0467 e. The molecule has 0 aliphatic heterocycles. The summed E-state index contributed by atoms with van der Waals surface area (Å²) < 4.78 is 5.29. The van der Waals surface area contributed by atoms with Crippen LogP contribution in [0.15, 0.2) is 249 Å². The Morgan fingerprint density at radius 2 is 0.746 bits per heavy atom. The zero-order chi connectivity index (χ0) is 44.3. The van der Waals surface area contributed by atoms with E-state index in [1.165, 1.54) is 107 Å². The van der Waals surface area contributed by atoms with Gasteiger partial charge in [-0.05, 0) is 139 Å². The van der Waals surface area contributed by atoms with Crippen LogP contribution in [0.1, 0.15) is 0 Å². The van der Waals surface area contributed by atoms with Crippen LogP contribution in [0.25, 0.3) is 107 Å². The summed E-state index contributed by atoms with van der Waals surface area (Å²) >= 11 is 3.74. The molecular weight excluding hydrogens is 847 g/mol. The summed E-state index contributed by atoms with van der Waals surface area (Å²) in [5.74, 6) is 0. The van der Waals surface area contributed by atoms with Crippen LogP contribution in [0.5, 0.6) is 0 Å². The molecule has 0 radical (unpaired) electrons. The molecule has 2 heterocycles. The van der Waals surface area contributed by atoms with E-state index in [1.807, 2.05) is 22.7 Å². The van der Waals surface area contributed by atoms with Crippen LogP contribution < -0.4 is 4.90 Å². The van der Waals surface area contributed by atoms with Crippen molar-refractivity contribution in [2.45, 2.75) is 0 Å². The molecule has 0 bridgehead atoms. The maximum absolute atomic E-state index is 2.39. The van der Waals surface area contributed by atoms with E-state index in [0.717, 1.165) is 17.1 Å². The molecule has 2 aromatic heterocycles. The summed E-state index contributed by atoms with van der Waals surface area (Å²) in [6.45, 7) is 0. The second-order valence-corrected chi connectivity index (χ2v) is 19.4. The number of rotatable bonds is 8. The van der Waals surface area contributed by atoms with Gasteiger partial charge in [0, 0.05) is 57.4 Å². The van der Waals surface area contributed by atoms with Gasteiger partial charge in [0.2, 0.25) is 0 Å². The Balaban J connectivity index is 0.895. The molecule has 0 saturated carbocycles. The second kappa shape index (κ2) is 16.4. The minimum absolute atomic E-state index is 1.09. The van der Waals surface area contributed by atoms with E-state index in [0.29, 0.717) is 0 Å². The fraction of sp³-hybridized carbons (Fsp3) is 0. The van der Waals surface area contributed by atoms with Crippen LogP contribution in [0.2, 0.25) is 0 Å². The summed E-state index contributed by atoms with van der Waals surface area (Å²) in [4.78, 5) is 2.39. The van der Waals surface area contributed by atoms with Gasteiger partial charge in [0.15, 0.2) is 0 Å². The van der Waals surface area contributed by atoms with Crippen molar-refractivity contribution in [3.63, 3.8) is 0 Å². The minimum Gasteiger partial charge on any atom is -0.310 e. The fourth-order valence-corrected chi connectivity index (χ4v) is 12.3. The van der Waals surface area contributed by atoms with Crippen LogP contribution in [0.3, 0.4) is 0 Å². The molecule has 0 amide bonds. The molecule has 0 aliphatic carbocycles. The molecule has 11 aromatic carbocycles. The first-order chi connectivity index (χ1) is 33.2. The lowest BCUT2D eigenvalue weighted by molar-refractivity contribution is 1.28.